The molecule has 7 nitrogen and oxygen atoms in total. The van der Waals surface area contributed by atoms with Crippen molar-refractivity contribution in [3.8, 4) is 0 Å². The van der Waals surface area contributed by atoms with E-state index in [0.29, 0.717) is 32.8 Å². The molecule has 1 aliphatic rings. The Morgan fingerprint density at radius 2 is 1.65 bits per heavy atom. The van der Waals surface area contributed by atoms with E-state index in [2.05, 4.69) is 0 Å². The molecule has 0 unspecified atom stereocenters. The second-order valence-electron chi connectivity index (χ2n) is 6.07. The van der Waals surface area contributed by atoms with Gasteiger partial charge in [-0.1, -0.05) is 12.1 Å². The van der Waals surface area contributed by atoms with Crippen molar-refractivity contribution in [2.75, 3.05) is 39.3 Å². The van der Waals surface area contributed by atoms with E-state index in [-0.39, 0.29) is 36.8 Å². The van der Waals surface area contributed by atoms with E-state index in [9.17, 15) is 18.8 Å². The molecule has 1 heterocycles. The van der Waals surface area contributed by atoms with E-state index in [0.717, 1.165) is 5.56 Å². The summed E-state index contributed by atoms with van der Waals surface area (Å²) in [6.45, 7) is 5.26. The van der Waals surface area contributed by atoms with Gasteiger partial charge in [0.05, 0.1) is 6.61 Å². The third kappa shape index (κ3) is 5.44. The van der Waals surface area contributed by atoms with Crippen LogP contribution in [-0.4, -0.2) is 71.9 Å². The lowest BCUT2D eigenvalue weighted by Crippen LogP contribution is -2.53. The fourth-order valence-electron chi connectivity index (χ4n) is 2.71. The zero-order valence-electron chi connectivity index (χ0n) is 15.1. The molecule has 1 aromatic rings. The van der Waals surface area contributed by atoms with Gasteiger partial charge in [-0.3, -0.25) is 9.59 Å². The topological polar surface area (TPSA) is 70.2 Å². The van der Waals surface area contributed by atoms with Crippen LogP contribution in [0, 0.1) is 5.82 Å². The average Bonchev–Trinajstić information content (AvgIpc) is 2.63. The highest BCUT2D eigenvalue weighted by molar-refractivity contribution is 5.84. The third-order valence-electron chi connectivity index (χ3n) is 4.22. The fraction of sp³-hybridized carbons (Fsp3) is 0.500. The van der Waals surface area contributed by atoms with Crippen LogP contribution in [0.25, 0.3) is 0 Å². The molecule has 0 spiro atoms. The highest BCUT2D eigenvalue weighted by Crippen LogP contribution is 2.09. The number of rotatable bonds is 5. The molecule has 0 saturated carbocycles. The first-order chi connectivity index (χ1) is 12.4. The molecular formula is C18H24FN3O4. The maximum absolute atomic E-state index is 13.0. The number of piperazine rings is 1. The molecule has 1 aromatic carbocycles. The van der Waals surface area contributed by atoms with Crippen LogP contribution >= 0.6 is 0 Å². The van der Waals surface area contributed by atoms with Gasteiger partial charge in [-0.05, 0) is 24.6 Å². The van der Waals surface area contributed by atoms with Crippen LogP contribution in [0.4, 0.5) is 9.18 Å². The Kier molecular flexibility index (Phi) is 6.94. The lowest BCUT2D eigenvalue weighted by molar-refractivity contribution is -0.140. The van der Waals surface area contributed by atoms with Crippen molar-refractivity contribution in [1.82, 2.24) is 14.7 Å². The predicted molar refractivity (Wildman–Crippen MR) is 92.7 cm³/mol. The molecule has 0 aliphatic carbocycles. The highest BCUT2D eigenvalue weighted by atomic mass is 19.1. The van der Waals surface area contributed by atoms with Crippen molar-refractivity contribution in [2.24, 2.45) is 0 Å². The Bertz CT molecular complexity index is 642. The molecule has 0 aromatic heterocycles. The fourth-order valence-corrected chi connectivity index (χ4v) is 2.71. The molecule has 1 fully saturated rings. The molecule has 0 bridgehead atoms. The quantitative estimate of drug-likeness (QED) is 0.792. The summed E-state index contributed by atoms with van der Waals surface area (Å²) in [6, 6.07) is 5.83. The van der Waals surface area contributed by atoms with Gasteiger partial charge < -0.3 is 19.4 Å². The number of carbonyl (C=O) groups is 3. The summed E-state index contributed by atoms with van der Waals surface area (Å²) in [5.74, 6) is -0.752. The Hall–Kier alpha value is -2.64. The largest absolute Gasteiger partial charge is 0.450 e. The summed E-state index contributed by atoms with van der Waals surface area (Å²) in [5.41, 5.74) is 0.751. The number of amides is 3. The number of hydrogen-bond acceptors (Lipinski definition) is 4. The number of halogens is 1. The molecule has 1 aliphatic heterocycles. The maximum atomic E-state index is 13.0. The van der Waals surface area contributed by atoms with E-state index >= 15 is 0 Å². The van der Waals surface area contributed by atoms with Gasteiger partial charge >= 0.3 is 6.09 Å². The van der Waals surface area contributed by atoms with Crippen LogP contribution in [0.15, 0.2) is 24.3 Å². The molecule has 1 saturated heterocycles. The smallest absolute Gasteiger partial charge is 0.409 e. The van der Waals surface area contributed by atoms with Crippen molar-refractivity contribution in [3.63, 3.8) is 0 Å². The van der Waals surface area contributed by atoms with Gasteiger partial charge in [-0.2, -0.15) is 0 Å². The highest BCUT2D eigenvalue weighted by Gasteiger charge is 2.26. The minimum Gasteiger partial charge on any atom is -0.450 e. The first-order valence-corrected chi connectivity index (χ1v) is 8.60. The predicted octanol–water partition coefficient (Wildman–Crippen LogP) is 1.47. The monoisotopic (exact) mass is 365 g/mol. The first kappa shape index (κ1) is 19.7. The second-order valence-corrected chi connectivity index (χ2v) is 6.07. The Labute approximate surface area is 152 Å². The lowest BCUT2D eigenvalue weighted by Gasteiger charge is -2.35. The third-order valence-corrected chi connectivity index (χ3v) is 4.22. The van der Waals surface area contributed by atoms with Crippen LogP contribution in [0.1, 0.15) is 19.4 Å². The number of carbonyl (C=O) groups excluding carboxylic acids is 3. The van der Waals surface area contributed by atoms with Gasteiger partial charge in [0.25, 0.3) is 0 Å². The van der Waals surface area contributed by atoms with Crippen molar-refractivity contribution >= 4 is 17.9 Å². The maximum Gasteiger partial charge on any atom is 0.409 e. The SMILES string of the molecule is CCOC(=O)N1CCN(C(=O)CN(Cc2ccc(F)cc2)C(C)=O)CC1. The van der Waals surface area contributed by atoms with Crippen LogP contribution in [0.2, 0.25) is 0 Å². The van der Waals surface area contributed by atoms with Gasteiger partial charge in [0.1, 0.15) is 12.4 Å². The van der Waals surface area contributed by atoms with Crippen LogP contribution in [0.5, 0.6) is 0 Å². The molecule has 8 heteroatoms. The molecule has 0 atom stereocenters. The van der Waals surface area contributed by atoms with E-state index < -0.39 is 0 Å². The number of ether oxygens (including phenoxy) is 1. The Balaban J connectivity index is 1.89. The summed E-state index contributed by atoms with van der Waals surface area (Å²) < 4.78 is 17.9. The molecule has 3 amide bonds. The molecule has 0 radical (unpaired) electrons. The molecule has 0 N–H and O–H groups in total. The standard InChI is InChI=1S/C18H24FN3O4/c1-3-26-18(25)21-10-8-20(9-11-21)17(24)13-22(14(2)23)12-15-4-6-16(19)7-5-15/h4-7H,3,8-13H2,1-2H3. The minimum atomic E-state index is -0.374. The van der Waals surface area contributed by atoms with E-state index in [4.69, 9.17) is 4.74 Å². The zero-order chi connectivity index (χ0) is 19.1. The number of hydrogen-bond donors (Lipinski definition) is 0. The summed E-state index contributed by atoms with van der Waals surface area (Å²) in [5, 5.41) is 0. The molecular weight excluding hydrogens is 341 g/mol. The number of benzene rings is 1. The van der Waals surface area contributed by atoms with Gasteiger partial charge in [0.2, 0.25) is 11.8 Å². The normalized spacial score (nSPS) is 14.1. The summed E-state index contributed by atoms with van der Waals surface area (Å²) in [4.78, 5) is 40.7. The zero-order valence-corrected chi connectivity index (χ0v) is 15.1. The summed E-state index contributed by atoms with van der Waals surface area (Å²) >= 11 is 0. The second kappa shape index (κ2) is 9.17. The van der Waals surface area contributed by atoms with Crippen molar-refractivity contribution < 1.29 is 23.5 Å². The van der Waals surface area contributed by atoms with Crippen LogP contribution < -0.4 is 0 Å². The van der Waals surface area contributed by atoms with Gasteiger partial charge in [0.15, 0.2) is 0 Å². The summed E-state index contributed by atoms with van der Waals surface area (Å²) in [6.07, 6.45) is -0.374. The van der Waals surface area contributed by atoms with Crippen LogP contribution in [0.3, 0.4) is 0 Å². The van der Waals surface area contributed by atoms with E-state index in [1.54, 1.807) is 28.9 Å². The van der Waals surface area contributed by atoms with Gasteiger partial charge in [-0.25, -0.2) is 9.18 Å². The first-order valence-electron chi connectivity index (χ1n) is 8.60. The average molecular weight is 365 g/mol. The molecule has 2 rings (SSSR count). The minimum absolute atomic E-state index is 0.0495. The number of nitrogens with zero attached hydrogens (tertiary/aromatic N) is 3. The summed E-state index contributed by atoms with van der Waals surface area (Å²) in [7, 11) is 0. The Morgan fingerprint density at radius 3 is 2.19 bits per heavy atom. The van der Waals surface area contributed by atoms with Gasteiger partial charge in [0, 0.05) is 39.6 Å². The molecule has 26 heavy (non-hydrogen) atoms. The van der Waals surface area contributed by atoms with Gasteiger partial charge in [-0.15, -0.1) is 0 Å². The van der Waals surface area contributed by atoms with E-state index in [1.807, 2.05) is 0 Å². The Morgan fingerprint density at radius 1 is 1.08 bits per heavy atom. The molecule has 142 valence electrons. The van der Waals surface area contributed by atoms with E-state index in [1.165, 1.54) is 24.0 Å². The van der Waals surface area contributed by atoms with Crippen molar-refractivity contribution in [3.05, 3.63) is 35.6 Å². The van der Waals surface area contributed by atoms with Crippen LogP contribution in [-0.2, 0) is 20.9 Å². The lowest BCUT2D eigenvalue weighted by atomic mass is 10.2. The van der Waals surface area contributed by atoms with Crippen molar-refractivity contribution in [1.29, 1.82) is 0 Å². The van der Waals surface area contributed by atoms with Crippen molar-refractivity contribution in [2.45, 2.75) is 20.4 Å².